The van der Waals surface area contributed by atoms with Crippen LogP contribution in [0, 0.1) is 0 Å². The smallest absolute Gasteiger partial charge is 6.00 e. The summed E-state index contributed by atoms with van der Waals surface area (Å²) in [4.78, 5) is 0. The zero-order valence-electron chi connectivity index (χ0n) is 5.58. The Morgan fingerprint density at radius 3 is 0.538 bits per heavy atom. The second kappa shape index (κ2) is 20.0. The van der Waals surface area contributed by atoms with Crippen LogP contribution in [0.2, 0.25) is 0 Å². The monoisotopic (exact) mass is 598 g/mol. The van der Waals surface area contributed by atoms with E-state index >= 15 is 0 Å². The number of hydrogen-bond acceptors (Lipinski definition) is 9. The van der Waals surface area contributed by atoms with E-state index in [0.717, 1.165) is 0 Å². The molecule has 0 aromatic rings. The molecule has 0 aliphatic heterocycles. The second-order valence-electron chi connectivity index (χ2n) is 0.750. The van der Waals surface area contributed by atoms with Crippen LogP contribution in [0.15, 0.2) is 0 Å². The molecular formula is O9WZr3. The van der Waals surface area contributed by atoms with Gasteiger partial charge in [0.05, 0.1) is 0 Å². The van der Waals surface area contributed by atoms with E-state index in [2.05, 4.69) is 0 Å². The van der Waals surface area contributed by atoms with Crippen LogP contribution in [0.4, 0.5) is 0 Å². The summed E-state index contributed by atoms with van der Waals surface area (Å²) in [6, 6.07) is 0. The van der Waals surface area contributed by atoms with Crippen molar-refractivity contribution in [3.63, 3.8) is 0 Å². The molecule has 0 radical (unpaired) electrons. The van der Waals surface area contributed by atoms with Crippen molar-refractivity contribution in [1.82, 2.24) is 0 Å². The van der Waals surface area contributed by atoms with E-state index in [4.69, 9.17) is 27.5 Å². The molecule has 0 aromatic carbocycles. The van der Waals surface area contributed by atoms with E-state index in [-0.39, 0.29) is 21.1 Å². The van der Waals surface area contributed by atoms with E-state index < -0.39 is 67.9 Å². The molecule has 0 saturated carbocycles. The van der Waals surface area contributed by atoms with Crippen molar-refractivity contribution in [3.05, 3.63) is 0 Å². The van der Waals surface area contributed by atoms with Crippen LogP contribution in [0.25, 0.3) is 0 Å². The standard InChI is InChI=1S/9O.W.3Zr/q;;;6*-1;+6;;;. The van der Waals surface area contributed by atoms with Crippen LogP contribution in [0.1, 0.15) is 0 Å². The molecule has 13 heteroatoms. The third-order valence-corrected chi connectivity index (χ3v) is 0. The molecule has 13 heavy (non-hydrogen) atoms. The molecule has 72 valence electrons. The third kappa shape index (κ3) is 363. The van der Waals surface area contributed by atoms with Gasteiger partial charge in [-0.15, -0.1) is 0 Å². The van der Waals surface area contributed by atoms with Crippen molar-refractivity contribution in [3.8, 4) is 0 Å². The van der Waals surface area contributed by atoms with E-state index in [1.54, 1.807) is 0 Å². The minimum atomic E-state index is -4.29. The van der Waals surface area contributed by atoms with Gasteiger partial charge in [-0.2, -0.15) is 0 Å². The van der Waals surface area contributed by atoms with E-state index in [1.165, 1.54) is 0 Å². The zero-order valence-corrected chi connectivity index (χ0v) is 15.9. The number of hydrogen-bond donors (Lipinski definition) is 0. The van der Waals surface area contributed by atoms with Crippen molar-refractivity contribution in [2.45, 2.75) is 0 Å². The molecule has 0 aromatic heterocycles. The fourth-order valence-electron chi connectivity index (χ4n) is 0. The molecule has 0 N–H and O–H groups in total. The molecule has 0 atom stereocenters. The van der Waals surface area contributed by atoms with E-state index in [0.29, 0.717) is 0 Å². The summed E-state index contributed by atoms with van der Waals surface area (Å²) in [6.45, 7) is 0. The van der Waals surface area contributed by atoms with Crippen molar-refractivity contribution in [2.24, 2.45) is 0 Å². The Morgan fingerprint density at radius 1 is 0.538 bits per heavy atom. The summed E-state index contributed by atoms with van der Waals surface area (Å²) in [5.41, 5.74) is 0. The average molecular weight is 602 g/mol. The molecule has 0 aliphatic rings. The summed E-state index contributed by atoms with van der Waals surface area (Å²) in [6.07, 6.45) is 0. The predicted molar refractivity (Wildman–Crippen MR) is 2.06 cm³/mol. The van der Waals surface area contributed by atoms with Gasteiger partial charge in [-0.3, -0.25) is 0 Å². The van der Waals surface area contributed by atoms with Crippen molar-refractivity contribution >= 4 is 0 Å². The summed E-state index contributed by atoms with van der Waals surface area (Å²) in [5, 5.41) is 0. The summed E-state index contributed by atoms with van der Waals surface area (Å²) >= 11 is -12.9. The molecule has 0 fully saturated rings. The Balaban J connectivity index is -0.0000000450. The van der Waals surface area contributed by atoms with Crippen LogP contribution < -0.4 is 19.1 Å². The summed E-state index contributed by atoms with van der Waals surface area (Å²) < 4.78 is 77.5. The van der Waals surface area contributed by atoms with Crippen molar-refractivity contribution in [2.75, 3.05) is 0 Å². The van der Waals surface area contributed by atoms with Crippen LogP contribution in [-0.4, -0.2) is 0 Å². The molecule has 0 amide bonds. The molecule has 0 saturated heterocycles. The maximum atomic E-state index is 8.61. The first-order valence-corrected chi connectivity index (χ1v) is 10.9. The second-order valence-corrected chi connectivity index (χ2v) is 4.44. The van der Waals surface area contributed by atoms with Gasteiger partial charge in [0, 0.05) is 0 Å². The minimum Gasteiger partial charge on any atom is 6.00 e. The Kier molecular flexibility index (Phi) is 37.9. The van der Waals surface area contributed by atoms with Gasteiger partial charge >= 0.3 is 117 Å². The first kappa shape index (κ1) is 24.6. The fourth-order valence-corrected chi connectivity index (χ4v) is 0. The molecule has 0 heterocycles. The van der Waals surface area contributed by atoms with Crippen LogP contribution in [0.5, 0.6) is 0 Å². The number of rotatable bonds is 0. The Bertz CT molecular complexity index is 112. The van der Waals surface area contributed by atoms with Gasteiger partial charge in [-0.05, 0) is 0 Å². The molecule has 0 aliphatic carbocycles. The van der Waals surface area contributed by atoms with E-state index in [9.17, 15) is 0 Å². The molecule has 0 spiro atoms. The molecule has 0 bridgehead atoms. The fraction of sp³-hybridized carbons (Fsp3) is 0. The Morgan fingerprint density at radius 2 is 0.538 bits per heavy atom. The summed E-state index contributed by atoms with van der Waals surface area (Å²) in [7, 11) is 0. The molecular weight excluding hydrogens is 602 g/mol. The predicted octanol–water partition coefficient (Wildman–Crippen LogP) is -7.50. The van der Waals surface area contributed by atoms with Crippen LogP contribution >= 0.6 is 0 Å². The van der Waals surface area contributed by atoms with E-state index in [1.807, 2.05) is 0 Å². The van der Waals surface area contributed by atoms with Gasteiger partial charge < -0.3 is 0 Å². The molecule has 0 rings (SSSR count). The maximum Gasteiger partial charge on any atom is 6.00 e. The first-order valence-electron chi connectivity index (χ1n) is 1.84. The van der Waals surface area contributed by atoms with Gasteiger partial charge in [-0.25, -0.2) is 0 Å². The van der Waals surface area contributed by atoms with Gasteiger partial charge in [0.2, 0.25) is 0 Å². The normalized spacial score (nSPS) is 6.00. The van der Waals surface area contributed by atoms with Crippen LogP contribution in [0.3, 0.4) is 0 Å². The maximum absolute atomic E-state index is 8.61. The van der Waals surface area contributed by atoms with Crippen LogP contribution in [-0.2, 0) is 97.4 Å². The quantitative estimate of drug-likeness (QED) is 0.260. The molecule has 0 unspecified atom stereocenters. The van der Waals surface area contributed by atoms with Gasteiger partial charge in [0.1, 0.15) is 0 Å². The molecule has 9 nitrogen and oxygen atoms in total. The Hall–Kier alpha value is 2.50. The van der Waals surface area contributed by atoms with Crippen molar-refractivity contribution in [1.29, 1.82) is 0 Å². The largest absolute Gasteiger partial charge is 6.00 e. The minimum absolute atomic E-state index is 0. The Labute approximate surface area is 114 Å². The first-order chi connectivity index (χ1) is 5.20. The zero-order chi connectivity index (χ0) is 10.7. The van der Waals surface area contributed by atoms with Crippen molar-refractivity contribution < 1.29 is 117 Å². The van der Waals surface area contributed by atoms with Gasteiger partial charge in [0.25, 0.3) is 0 Å². The average Bonchev–Trinajstić information content (AvgIpc) is 1.54. The van der Waals surface area contributed by atoms with Gasteiger partial charge in [0.15, 0.2) is 0 Å². The topological polar surface area (TPSA) is 190 Å². The summed E-state index contributed by atoms with van der Waals surface area (Å²) in [5.74, 6) is 0. The SMILES string of the molecule is [O]=[Zr]([O-])[O-].[O]=[Zr]([O-])[O-].[O]=[Zr]([O-])[O-].[W+6]. The third-order valence-electron chi connectivity index (χ3n) is 0. The van der Waals surface area contributed by atoms with Gasteiger partial charge in [-0.1, -0.05) is 0 Å².